The van der Waals surface area contributed by atoms with Gasteiger partial charge in [0, 0.05) is 17.0 Å². The Morgan fingerprint density at radius 3 is 2.77 bits per heavy atom. The molecule has 5 heteroatoms. The van der Waals surface area contributed by atoms with Crippen molar-refractivity contribution in [3.8, 4) is 0 Å². The van der Waals surface area contributed by atoms with Crippen molar-refractivity contribution in [3.63, 3.8) is 0 Å². The second-order valence-electron chi connectivity index (χ2n) is 6.08. The van der Waals surface area contributed by atoms with Gasteiger partial charge >= 0.3 is 0 Å². The van der Waals surface area contributed by atoms with Crippen LogP contribution in [0.2, 0.25) is 0 Å². The molecule has 0 spiro atoms. The number of rotatable bonds is 3. The number of fused-ring (bicyclic) bond motifs is 1. The van der Waals surface area contributed by atoms with Crippen LogP contribution in [-0.2, 0) is 4.79 Å². The predicted octanol–water partition coefficient (Wildman–Crippen LogP) is 2.43. The molecule has 3 rings (SSSR count). The molecule has 0 radical (unpaired) electrons. The summed E-state index contributed by atoms with van der Waals surface area (Å²) in [5.41, 5.74) is 8.01. The van der Waals surface area contributed by atoms with Crippen LogP contribution in [-0.4, -0.2) is 17.9 Å². The van der Waals surface area contributed by atoms with Gasteiger partial charge in [-0.15, -0.1) is 0 Å². The third-order valence-corrected chi connectivity index (χ3v) is 4.50. The molecule has 3 N–H and O–H groups in total. The van der Waals surface area contributed by atoms with E-state index in [9.17, 15) is 9.59 Å². The van der Waals surface area contributed by atoms with Crippen LogP contribution in [0.15, 0.2) is 22.6 Å². The highest BCUT2D eigenvalue weighted by Crippen LogP contribution is 2.28. The minimum Gasteiger partial charge on any atom is -0.451 e. The molecule has 1 aliphatic rings. The van der Waals surface area contributed by atoms with Crippen molar-refractivity contribution in [1.82, 2.24) is 5.32 Å². The fourth-order valence-corrected chi connectivity index (χ4v) is 3.26. The van der Waals surface area contributed by atoms with E-state index >= 15 is 0 Å². The van der Waals surface area contributed by atoms with Gasteiger partial charge in [-0.2, -0.15) is 0 Å². The van der Waals surface area contributed by atoms with E-state index in [0.29, 0.717) is 11.3 Å². The number of hydrogen-bond donors (Lipinski definition) is 2. The molecule has 116 valence electrons. The molecule has 1 fully saturated rings. The van der Waals surface area contributed by atoms with E-state index in [4.69, 9.17) is 10.2 Å². The maximum absolute atomic E-state index is 12.5. The number of primary amides is 1. The quantitative estimate of drug-likeness (QED) is 0.913. The van der Waals surface area contributed by atoms with Crippen molar-refractivity contribution in [3.05, 3.63) is 35.1 Å². The monoisotopic (exact) mass is 300 g/mol. The lowest BCUT2D eigenvalue weighted by atomic mass is 10.0. The van der Waals surface area contributed by atoms with E-state index in [1.807, 2.05) is 32.0 Å². The SMILES string of the molecule is Cc1ccc2c(C)c(C(=O)N[C@@H]3CCC[C@@H]3C(N)=O)oc2c1. The molecule has 0 bridgehead atoms. The lowest BCUT2D eigenvalue weighted by molar-refractivity contribution is -0.122. The van der Waals surface area contributed by atoms with Crippen molar-refractivity contribution in [1.29, 1.82) is 0 Å². The maximum Gasteiger partial charge on any atom is 0.287 e. The van der Waals surface area contributed by atoms with Crippen LogP contribution in [0.3, 0.4) is 0 Å². The molecule has 1 aliphatic carbocycles. The highest BCUT2D eigenvalue weighted by molar-refractivity contribution is 5.99. The van der Waals surface area contributed by atoms with Gasteiger partial charge in [-0.1, -0.05) is 18.6 Å². The fraction of sp³-hybridized carbons (Fsp3) is 0.412. The number of aryl methyl sites for hydroxylation is 2. The van der Waals surface area contributed by atoms with E-state index in [2.05, 4.69) is 5.32 Å². The molecule has 1 aromatic heterocycles. The van der Waals surface area contributed by atoms with Gasteiger partial charge in [0.2, 0.25) is 5.91 Å². The molecule has 1 heterocycles. The molecular formula is C17H20N2O3. The van der Waals surface area contributed by atoms with Gasteiger partial charge in [-0.05, 0) is 38.3 Å². The van der Waals surface area contributed by atoms with Gasteiger partial charge in [-0.25, -0.2) is 0 Å². The summed E-state index contributed by atoms with van der Waals surface area (Å²) in [6.45, 7) is 3.85. The van der Waals surface area contributed by atoms with E-state index in [1.165, 1.54) is 0 Å². The maximum atomic E-state index is 12.5. The number of nitrogens with two attached hydrogens (primary N) is 1. The molecule has 2 aromatic rings. The largest absolute Gasteiger partial charge is 0.451 e. The van der Waals surface area contributed by atoms with Crippen LogP contribution < -0.4 is 11.1 Å². The highest BCUT2D eigenvalue weighted by atomic mass is 16.3. The van der Waals surface area contributed by atoms with Crippen molar-refractivity contribution < 1.29 is 14.0 Å². The first-order valence-electron chi connectivity index (χ1n) is 7.57. The van der Waals surface area contributed by atoms with E-state index in [-0.39, 0.29) is 23.8 Å². The summed E-state index contributed by atoms with van der Waals surface area (Å²) in [4.78, 5) is 23.9. The lowest BCUT2D eigenvalue weighted by Crippen LogP contribution is -2.42. The number of nitrogens with one attached hydrogen (secondary N) is 1. The average Bonchev–Trinajstić information content (AvgIpc) is 3.03. The van der Waals surface area contributed by atoms with Gasteiger partial charge in [0.15, 0.2) is 5.76 Å². The molecule has 2 amide bonds. The smallest absolute Gasteiger partial charge is 0.287 e. The Balaban J connectivity index is 1.86. The first-order valence-corrected chi connectivity index (χ1v) is 7.57. The first-order chi connectivity index (χ1) is 10.5. The number of amides is 2. The van der Waals surface area contributed by atoms with Gasteiger partial charge < -0.3 is 15.5 Å². The summed E-state index contributed by atoms with van der Waals surface area (Å²) in [7, 11) is 0. The van der Waals surface area contributed by atoms with Crippen molar-refractivity contribution in [2.75, 3.05) is 0 Å². The zero-order valence-corrected chi connectivity index (χ0v) is 12.8. The number of carbonyl (C=O) groups excluding carboxylic acids is 2. The van der Waals surface area contributed by atoms with Crippen LogP contribution in [0.1, 0.15) is 40.9 Å². The third kappa shape index (κ3) is 2.47. The van der Waals surface area contributed by atoms with Gasteiger partial charge in [0.05, 0.1) is 5.92 Å². The average molecular weight is 300 g/mol. The minimum atomic E-state index is -0.347. The van der Waals surface area contributed by atoms with Crippen LogP contribution in [0.25, 0.3) is 11.0 Å². The molecular weight excluding hydrogens is 280 g/mol. The Morgan fingerprint density at radius 1 is 1.27 bits per heavy atom. The van der Waals surface area contributed by atoms with Crippen LogP contribution in [0, 0.1) is 19.8 Å². The number of benzene rings is 1. The normalized spacial score (nSPS) is 21.2. The van der Waals surface area contributed by atoms with Gasteiger partial charge in [0.1, 0.15) is 5.58 Å². The number of furan rings is 1. The van der Waals surface area contributed by atoms with Gasteiger partial charge in [0.25, 0.3) is 5.91 Å². The second kappa shape index (κ2) is 5.48. The van der Waals surface area contributed by atoms with E-state index in [1.54, 1.807) is 0 Å². The third-order valence-electron chi connectivity index (χ3n) is 4.50. The molecule has 5 nitrogen and oxygen atoms in total. The topological polar surface area (TPSA) is 85.3 Å². The lowest BCUT2D eigenvalue weighted by Gasteiger charge is -2.17. The van der Waals surface area contributed by atoms with Crippen LogP contribution in [0.5, 0.6) is 0 Å². The molecule has 0 saturated heterocycles. The molecule has 1 aromatic carbocycles. The highest BCUT2D eigenvalue weighted by Gasteiger charge is 2.33. The second-order valence-corrected chi connectivity index (χ2v) is 6.08. The fourth-order valence-electron chi connectivity index (χ4n) is 3.26. The van der Waals surface area contributed by atoms with Gasteiger partial charge in [-0.3, -0.25) is 9.59 Å². The summed E-state index contributed by atoms with van der Waals surface area (Å²) in [6, 6.07) is 5.68. The van der Waals surface area contributed by atoms with Crippen LogP contribution in [0.4, 0.5) is 0 Å². The molecule has 0 aliphatic heterocycles. The summed E-state index contributed by atoms with van der Waals surface area (Å²) in [5, 5.41) is 3.85. The molecule has 1 saturated carbocycles. The Bertz CT molecular complexity index is 748. The Kier molecular flexibility index (Phi) is 3.64. The molecule has 22 heavy (non-hydrogen) atoms. The summed E-state index contributed by atoms with van der Waals surface area (Å²) in [6.07, 6.45) is 2.41. The first kappa shape index (κ1) is 14.6. The predicted molar refractivity (Wildman–Crippen MR) is 83.5 cm³/mol. The summed E-state index contributed by atoms with van der Waals surface area (Å²) in [5.74, 6) is -0.587. The molecule has 0 unspecified atom stereocenters. The summed E-state index contributed by atoms with van der Waals surface area (Å²) < 4.78 is 5.72. The van der Waals surface area contributed by atoms with E-state index in [0.717, 1.165) is 35.8 Å². The minimum absolute atomic E-state index is 0.195. The van der Waals surface area contributed by atoms with Crippen molar-refractivity contribution in [2.24, 2.45) is 11.7 Å². The van der Waals surface area contributed by atoms with E-state index < -0.39 is 0 Å². The zero-order chi connectivity index (χ0) is 15.9. The van der Waals surface area contributed by atoms with Crippen LogP contribution >= 0.6 is 0 Å². The zero-order valence-electron chi connectivity index (χ0n) is 12.8. The Morgan fingerprint density at radius 2 is 2.05 bits per heavy atom. The molecule has 2 atom stereocenters. The number of hydrogen-bond acceptors (Lipinski definition) is 3. The summed E-state index contributed by atoms with van der Waals surface area (Å²) >= 11 is 0. The van der Waals surface area contributed by atoms with Crippen molar-refractivity contribution >= 4 is 22.8 Å². The Hall–Kier alpha value is -2.30. The number of carbonyl (C=O) groups is 2. The Labute approximate surface area is 128 Å². The van der Waals surface area contributed by atoms with Crippen molar-refractivity contribution in [2.45, 2.75) is 39.2 Å². The standard InChI is InChI=1S/C17H20N2O3/c1-9-6-7-11-10(2)15(22-14(11)8-9)17(21)19-13-5-3-4-12(13)16(18)20/h6-8,12-13H,3-5H2,1-2H3,(H2,18,20)(H,19,21)/t12-,13+/m0/s1.